The molecule has 13 heteroatoms. The molecule has 0 aliphatic carbocycles. The first-order valence-corrected chi connectivity index (χ1v) is 16.3. The molecule has 0 amide bonds. The van der Waals surface area contributed by atoms with Crippen LogP contribution in [0.15, 0.2) is 114 Å². The Hall–Kier alpha value is -5.62. The molecule has 3 heterocycles. The number of aromatic nitrogens is 4. The van der Waals surface area contributed by atoms with Gasteiger partial charge in [-0.2, -0.15) is 0 Å². The predicted molar refractivity (Wildman–Crippen MR) is 188 cm³/mol. The predicted octanol–water partition coefficient (Wildman–Crippen LogP) is 6.78. The molecule has 0 unspecified atom stereocenters. The minimum Gasteiger partial charge on any atom is -0.459 e. The number of carbonyl (C=O) groups is 2. The summed E-state index contributed by atoms with van der Waals surface area (Å²) in [7, 11) is 0. The van der Waals surface area contributed by atoms with Gasteiger partial charge in [0.1, 0.15) is 36.3 Å². The molecule has 2 aromatic heterocycles. The first-order valence-electron chi connectivity index (χ1n) is 15.5. The number of carbonyl (C=O) groups excluding carboxylic acids is 2. The van der Waals surface area contributed by atoms with Crippen molar-refractivity contribution in [2.24, 2.45) is 0 Å². The molecule has 0 bridgehead atoms. The van der Waals surface area contributed by atoms with Gasteiger partial charge in [0.05, 0.1) is 11.1 Å². The van der Waals surface area contributed by atoms with Gasteiger partial charge in [-0.25, -0.2) is 24.5 Å². The Labute approximate surface area is 295 Å². The maximum atomic E-state index is 14.4. The number of fused-ring (bicyclic) bond motifs is 1. The van der Waals surface area contributed by atoms with Gasteiger partial charge in [-0.05, 0) is 48.5 Å². The van der Waals surface area contributed by atoms with E-state index in [4.69, 9.17) is 48.1 Å². The van der Waals surface area contributed by atoms with Gasteiger partial charge in [-0.1, -0.05) is 83.9 Å². The van der Waals surface area contributed by atoms with Gasteiger partial charge in [0.2, 0.25) is 0 Å². The highest BCUT2D eigenvalue weighted by molar-refractivity contribution is 6.31. The summed E-state index contributed by atoms with van der Waals surface area (Å²) in [5.41, 5.74) is 8.08. The van der Waals surface area contributed by atoms with Crippen molar-refractivity contribution in [1.82, 2.24) is 19.5 Å². The van der Waals surface area contributed by atoms with E-state index in [1.807, 2.05) is 36.4 Å². The fourth-order valence-corrected chi connectivity index (χ4v) is 5.88. The topological polar surface area (TPSA) is 149 Å². The summed E-state index contributed by atoms with van der Waals surface area (Å²) in [4.78, 5) is 54.5. The average Bonchev–Trinajstić information content (AvgIpc) is 3.53. The number of rotatable bonds is 8. The number of hydrogen-bond donors (Lipinski definition) is 1. The van der Waals surface area contributed by atoms with E-state index < -0.39 is 35.9 Å². The van der Waals surface area contributed by atoms with E-state index >= 15 is 0 Å². The summed E-state index contributed by atoms with van der Waals surface area (Å²) in [6, 6.07) is 30.5. The zero-order valence-electron chi connectivity index (χ0n) is 26.1. The van der Waals surface area contributed by atoms with Crippen molar-refractivity contribution in [3.05, 3.63) is 141 Å². The number of esters is 2. The van der Waals surface area contributed by atoms with Crippen LogP contribution < -0.4 is 11.3 Å². The van der Waals surface area contributed by atoms with E-state index in [1.54, 1.807) is 48.5 Å². The van der Waals surface area contributed by atoms with E-state index in [2.05, 4.69) is 9.97 Å². The molecule has 1 saturated heterocycles. The minimum atomic E-state index is -1.05. The van der Waals surface area contributed by atoms with Gasteiger partial charge >= 0.3 is 11.9 Å². The lowest BCUT2D eigenvalue weighted by atomic mass is 10.1. The Morgan fingerprint density at radius 1 is 0.780 bits per heavy atom. The number of benzene rings is 4. The summed E-state index contributed by atoms with van der Waals surface area (Å²) < 4.78 is 19.3. The average molecular weight is 709 g/mol. The molecular formula is C37H27Cl2N5O6. The second kappa shape index (κ2) is 14.1. The maximum absolute atomic E-state index is 14.4. The fraction of sp³-hybridized carbons (Fsp3) is 0.135. The summed E-state index contributed by atoms with van der Waals surface area (Å²) in [6.07, 6.45) is -2.98. The SMILES string of the molecule is Nc1nc(-c2ccccc2)nc2c1nc(-c1ccccc1)c(=O)n2[C@H]1C[C@H](OC(=O)c2ccc(Cl)cc2)[C@@H](COC(=O)c2ccc(Cl)cc2)O1. The maximum Gasteiger partial charge on any atom is 0.338 e. The van der Waals surface area contributed by atoms with Crippen LogP contribution in [-0.2, 0) is 14.2 Å². The number of halogens is 2. The van der Waals surface area contributed by atoms with Crippen LogP contribution >= 0.6 is 23.2 Å². The summed E-state index contributed by atoms with van der Waals surface area (Å²) in [5, 5.41) is 0.912. The van der Waals surface area contributed by atoms with E-state index in [0.29, 0.717) is 21.2 Å². The molecule has 1 fully saturated rings. The van der Waals surface area contributed by atoms with E-state index in [1.165, 1.54) is 28.8 Å². The molecule has 1 aliphatic rings. The van der Waals surface area contributed by atoms with E-state index in [0.717, 1.165) is 0 Å². The Bertz CT molecular complexity index is 2250. The largest absolute Gasteiger partial charge is 0.459 e. The third kappa shape index (κ3) is 6.79. The summed E-state index contributed by atoms with van der Waals surface area (Å²) in [6.45, 7) is -0.299. The lowest BCUT2D eigenvalue weighted by Gasteiger charge is -2.20. The molecule has 1 aliphatic heterocycles. The Morgan fingerprint density at radius 2 is 1.36 bits per heavy atom. The quantitative estimate of drug-likeness (QED) is 0.168. The summed E-state index contributed by atoms with van der Waals surface area (Å²) in [5.74, 6) is -0.964. The molecule has 250 valence electrons. The van der Waals surface area contributed by atoms with Crippen LogP contribution in [0, 0.1) is 0 Å². The Kier molecular flexibility index (Phi) is 9.27. The Balaban J connectivity index is 1.30. The first-order chi connectivity index (χ1) is 24.2. The van der Waals surface area contributed by atoms with Crippen molar-refractivity contribution >= 4 is 52.1 Å². The molecule has 6 aromatic rings. The first kappa shape index (κ1) is 32.9. The number of nitrogens with two attached hydrogens (primary N) is 1. The second-order valence-corrected chi connectivity index (χ2v) is 12.3. The minimum absolute atomic E-state index is 0.000317. The van der Waals surface area contributed by atoms with Crippen molar-refractivity contribution in [1.29, 1.82) is 0 Å². The van der Waals surface area contributed by atoms with Crippen LogP contribution in [0.4, 0.5) is 5.82 Å². The molecule has 50 heavy (non-hydrogen) atoms. The van der Waals surface area contributed by atoms with E-state index in [-0.39, 0.29) is 52.7 Å². The fourth-order valence-electron chi connectivity index (χ4n) is 5.62. The molecule has 0 spiro atoms. The van der Waals surface area contributed by atoms with Crippen LogP contribution in [0.3, 0.4) is 0 Å². The standard InChI is InChI=1S/C37H27Cl2N5O6/c38-25-15-11-23(12-16-25)36(46)48-20-28-27(50-37(47)24-13-17-26(39)18-14-24)19-29(49-28)44-34-31(41-30(35(44)45)21-7-3-1-4-8-21)32(40)42-33(43-34)22-9-5-2-6-10-22/h1-18,27-29H,19-20H2,(H2,40,42,43)/t27-,28+,29+/m0/s1. The molecule has 11 nitrogen and oxygen atoms in total. The number of nitrogen functional groups attached to an aromatic ring is 1. The van der Waals surface area contributed by atoms with Crippen molar-refractivity contribution in [3.63, 3.8) is 0 Å². The number of hydrogen-bond acceptors (Lipinski definition) is 10. The second-order valence-electron chi connectivity index (χ2n) is 11.4. The van der Waals surface area contributed by atoms with Crippen LogP contribution in [0.25, 0.3) is 33.8 Å². The molecule has 4 aromatic carbocycles. The molecule has 2 N–H and O–H groups in total. The van der Waals surface area contributed by atoms with Crippen molar-refractivity contribution in [2.45, 2.75) is 24.9 Å². The van der Waals surface area contributed by atoms with Crippen molar-refractivity contribution in [3.8, 4) is 22.6 Å². The Morgan fingerprint density at radius 3 is 1.98 bits per heavy atom. The zero-order valence-corrected chi connectivity index (χ0v) is 27.6. The van der Waals surface area contributed by atoms with Gasteiger partial charge in [-0.15, -0.1) is 0 Å². The molecular weight excluding hydrogens is 681 g/mol. The van der Waals surface area contributed by atoms with Crippen LogP contribution in [-0.4, -0.2) is 50.3 Å². The highest BCUT2D eigenvalue weighted by atomic mass is 35.5. The van der Waals surface area contributed by atoms with Gasteiger partial charge in [0.15, 0.2) is 17.3 Å². The highest BCUT2D eigenvalue weighted by Gasteiger charge is 2.41. The highest BCUT2D eigenvalue weighted by Crippen LogP contribution is 2.34. The van der Waals surface area contributed by atoms with Crippen molar-refractivity contribution in [2.75, 3.05) is 12.3 Å². The molecule has 3 atom stereocenters. The van der Waals surface area contributed by atoms with Gasteiger partial charge in [0.25, 0.3) is 5.56 Å². The van der Waals surface area contributed by atoms with Gasteiger partial charge in [0, 0.05) is 27.6 Å². The zero-order chi connectivity index (χ0) is 34.8. The third-order valence-corrected chi connectivity index (χ3v) is 8.61. The van der Waals surface area contributed by atoms with Gasteiger partial charge < -0.3 is 19.9 Å². The molecule has 0 saturated carbocycles. The monoisotopic (exact) mass is 707 g/mol. The number of ether oxygens (including phenoxy) is 3. The smallest absolute Gasteiger partial charge is 0.338 e. The number of anilines is 1. The van der Waals surface area contributed by atoms with Crippen molar-refractivity contribution < 1.29 is 23.8 Å². The molecule has 7 rings (SSSR count). The lowest BCUT2D eigenvalue weighted by Crippen LogP contribution is -2.32. The molecule has 0 radical (unpaired) electrons. The van der Waals surface area contributed by atoms with Crippen LogP contribution in [0.1, 0.15) is 33.4 Å². The van der Waals surface area contributed by atoms with Crippen LogP contribution in [0.5, 0.6) is 0 Å². The van der Waals surface area contributed by atoms with Gasteiger partial charge in [-0.3, -0.25) is 9.36 Å². The van der Waals surface area contributed by atoms with E-state index in [9.17, 15) is 14.4 Å². The summed E-state index contributed by atoms with van der Waals surface area (Å²) >= 11 is 12.0. The van der Waals surface area contributed by atoms with Crippen LogP contribution in [0.2, 0.25) is 10.0 Å². The number of nitrogens with zero attached hydrogens (tertiary/aromatic N) is 4. The third-order valence-electron chi connectivity index (χ3n) is 8.11. The lowest BCUT2D eigenvalue weighted by molar-refractivity contribution is -0.0569. The normalized spacial score (nSPS) is 17.0.